The van der Waals surface area contributed by atoms with E-state index in [9.17, 15) is 29.1 Å². The summed E-state index contributed by atoms with van der Waals surface area (Å²) in [6.45, 7) is 7.34. The molecule has 13 nitrogen and oxygen atoms in total. The summed E-state index contributed by atoms with van der Waals surface area (Å²) in [5.41, 5.74) is 1.07. The van der Waals surface area contributed by atoms with Crippen LogP contribution in [-0.4, -0.2) is 80.3 Å². The normalized spacial score (nSPS) is 25.6. The van der Waals surface area contributed by atoms with Crippen LogP contribution in [0.5, 0.6) is 0 Å². The monoisotopic (exact) mass is 695 g/mol. The zero-order valence-electron chi connectivity index (χ0n) is 27.3. The maximum Gasteiger partial charge on any atom is 0.271 e. The molecule has 1 saturated heterocycles. The van der Waals surface area contributed by atoms with Gasteiger partial charge in [-0.3, -0.25) is 24.0 Å². The summed E-state index contributed by atoms with van der Waals surface area (Å²) < 4.78 is 0. The van der Waals surface area contributed by atoms with Crippen molar-refractivity contribution in [2.45, 2.75) is 89.7 Å². The third-order valence-corrected chi connectivity index (χ3v) is 10.7. The number of nitrogens with zero attached hydrogens (tertiary/aromatic N) is 3. The standard InChI is InChI=1S/C33H41N7O6S2/c1-5-17(2)25-32-37-22(16-48-32)27(42)34-18(3)31-36-23(15-47-31)28(43)35-21(14-20-10-7-6-8-11-20)33(46)40-13-9-12-24(40)29(44)39-26(19(4)41)30(45)38-25/h6-8,10-11,15-19,21,24-26,41H,5,9,12-14H2,1-4H3,(H,34,42)(H,35,43)(H,38,45)(H,39,44)/t17-,18+,19-,21-,24+,25-,26-/m0/s1. The van der Waals surface area contributed by atoms with E-state index in [0.717, 1.165) is 5.56 Å². The molecule has 256 valence electrons. The lowest BCUT2D eigenvalue weighted by molar-refractivity contribution is -0.141. The van der Waals surface area contributed by atoms with Crippen molar-refractivity contribution in [1.82, 2.24) is 36.1 Å². The molecular weight excluding hydrogens is 655 g/mol. The summed E-state index contributed by atoms with van der Waals surface area (Å²) in [6.07, 6.45) is 0.486. The minimum Gasteiger partial charge on any atom is -0.391 e. The van der Waals surface area contributed by atoms with E-state index in [2.05, 4.69) is 31.2 Å². The van der Waals surface area contributed by atoms with E-state index < -0.39 is 65.8 Å². The number of carbonyl (C=O) groups excluding carboxylic acids is 5. The van der Waals surface area contributed by atoms with Gasteiger partial charge in [-0.2, -0.15) is 0 Å². The van der Waals surface area contributed by atoms with Crippen LogP contribution in [0.3, 0.4) is 0 Å². The van der Waals surface area contributed by atoms with Gasteiger partial charge in [0.15, 0.2) is 0 Å². The van der Waals surface area contributed by atoms with Crippen molar-refractivity contribution in [2.75, 3.05) is 6.54 Å². The fourth-order valence-electron chi connectivity index (χ4n) is 5.82. The quantitative estimate of drug-likeness (QED) is 0.270. The second kappa shape index (κ2) is 15.3. The molecule has 5 rings (SSSR count). The predicted molar refractivity (Wildman–Crippen MR) is 180 cm³/mol. The molecular formula is C33H41N7O6S2. The van der Waals surface area contributed by atoms with Gasteiger partial charge in [-0.1, -0.05) is 50.6 Å². The average Bonchev–Trinajstić information content (AvgIpc) is 3.86. The summed E-state index contributed by atoms with van der Waals surface area (Å²) in [4.78, 5) is 78.6. The molecule has 0 radical (unpaired) electrons. The van der Waals surface area contributed by atoms with Crippen LogP contribution in [0, 0.1) is 5.92 Å². The molecule has 0 aliphatic carbocycles. The molecule has 1 fully saturated rings. The molecule has 5 amide bonds. The number of aliphatic hydroxyl groups excluding tert-OH is 1. The molecule has 4 bridgehead atoms. The van der Waals surface area contributed by atoms with Crippen LogP contribution in [0.25, 0.3) is 0 Å². The summed E-state index contributed by atoms with van der Waals surface area (Å²) in [5.74, 6) is -2.75. The van der Waals surface area contributed by atoms with Crippen molar-refractivity contribution < 1.29 is 29.1 Å². The first-order valence-corrected chi connectivity index (χ1v) is 17.9. The zero-order valence-corrected chi connectivity index (χ0v) is 28.9. The Hall–Kier alpha value is -4.21. The topological polar surface area (TPSA) is 183 Å². The first-order chi connectivity index (χ1) is 23.0. The van der Waals surface area contributed by atoms with Crippen LogP contribution in [0.2, 0.25) is 0 Å². The number of hydrogen-bond donors (Lipinski definition) is 5. The number of rotatable bonds is 5. The Bertz CT molecular complexity index is 1640. The van der Waals surface area contributed by atoms with E-state index in [1.165, 1.54) is 34.5 Å². The minimum absolute atomic E-state index is 0.0924. The number of carbonyl (C=O) groups is 5. The molecule has 2 aliphatic heterocycles. The molecule has 5 N–H and O–H groups in total. The number of aliphatic hydroxyl groups is 1. The van der Waals surface area contributed by atoms with Gasteiger partial charge in [0.2, 0.25) is 17.7 Å². The lowest BCUT2D eigenvalue weighted by Gasteiger charge is -2.31. The Labute approximate surface area is 286 Å². The lowest BCUT2D eigenvalue weighted by atomic mass is 9.98. The van der Waals surface area contributed by atoms with Crippen molar-refractivity contribution in [3.8, 4) is 0 Å². The Morgan fingerprint density at radius 2 is 1.50 bits per heavy atom. The highest BCUT2D eigenvalue weighted by molar-refractivity contribution is 7.10. The summed E-state index contributed by atoms with van der Waals surface area (Å²) >= 11 is 2.43. The van der Waals surface area contributed by atoms with Gasteiger partial charge in [0, 0.05) is 23.7 Å². The summed E-state index contributed by atoms with van der Waals surface area (Å²) in [6, 6.07) is 4.83. The Balaban J connectivity index is 1.52. The molecule has 2 aliphatic rings. The molecule has 7 atom stereocenters. The van der Waals surface area contributed by atoms with Crippen molar-refractivity contribution >= 4 is 52.2 Å². The van der Waals surface area contributed by atoms with Gasteiger partial charge in [0.1, 0.15) is 39.5 Å². The van der Waals surface area contributed by atoms with E-state index in [0.29, 0.717) is 29.3 Å². The van der Waals surface area contributed by atoms with Crippen molar-refractivity contribution in [3.05, 3.63) is 68.1 Å². The van der Waals surface area contributed by atoms with Crippen LogP contribution < -0.4 is 21.3 Å². The third kappa shape index (κ3) is 7.90. The first kappa shape index (κ1) is 35.1. The maximum atomic E-state index is 14.1. The largest absolute Gasteiger partial charge is 0.391 e. The highest BCUT2D eigenvalue weighted by atomic mass is 32.1. The van der Waals surface area contributed by atoms with Gasteiger partial charge in [0.05, 0.1) is 18.2 Å². The predicted octanol–water partition coefficient (Wildman–Crippen LogP) is 2.51. The van der Waals surface area contributed by atoms with E-state index in [1.54, 1.807) is 17.7 Å². The van der Waals surface area contributed by atoms with E-state index in [4.69, 9.17) is 0 Å². The van der Waals surface area contributed by atoms with Crippen molar-refractivity contribution in [2.24, 2.45) is 5.92 Å². The number of amides is 5. The molecule has 0 unspecified atom stereocenters. The van der Waals surface area contributed by atoms with Gasteiger partial charge in [-0.05, 0) is 38.2 Å². The Morgan fingerprint density at radius 3 is 2.17 bits per heavy atom. The lowest BCUT2D eigenvalue weighted by Crippen LogP contribution is -2.59. The Morgan fingerprint density at radius 1 is 0.875 bits per heavy atom. The van der Waals surface area contributed by atoms with Crippen molar-refractivity contribution in [3.63, 3.8) is 0 Å². The van der Waals surface area contributed by atoms with E-state index in [-0.39, 0.29) is 30.3 Å². The molecule has 48 heavy (non-hydrogen) atoms. The number of aromatic nitrogens is 2. The van der Waals surface area contributed by atoms with E-state index in [1.807, 2.05) is 44.2 Å². The number of thiazole rings is 2. The third-order valence-electron chi connectivity index (χ3n) is 8.79. The highest BCUT2D eigenvalue weighted by Crippen LogP contribution is 2.28. The summed E-state index contributed by atoms with van der Waals surface area (Å²) in [5, 5.41) is 26.1. The van der Waals surface area contributed by atoms with Gasteiger partial charge < -0.3 is 31.3 Å². The van der Waals surface area contributed by atoms with Crippen LogP contribution in [-0.2, 0) is 20.8 Å². The zero-order chi connectivity index (χ0) is 34.5. The molecule has 15 heteroatoms. The second-order valence-corrected chi connectivity index (χ2v) is 14.1. The SMILES string of the molecule is CC[C@H](C)[C@@H]1NC(=O)[C@H]([C@H](C)O)NC(=O)[C@H]2CCCN2C(=O)[C@H](Cc2ccccc2)NC(=O)c2csc(n2)[C@@H](C)NC(=O)c2csc1n2. The van der Waals surface area contributed by atoms with Crippen molar-refractivity contribution in [1.29, 1.82) is 0 Å². The fourth-order valence-corrected chi connectivity index (χ4v) is 7.61. The fraction of sp³-hybridized carbons (Fsp3) is 0.485. The maximum absolute atomic E-state index is 14.1. The van der Waals surface area contributed by atoms with E-state index >= 15 is 0 Å². The first-order valence-electron chi connectivity index (χ1n) is 16.1. The Kier molecular flexibility index (Phi) is 11.2. The van der Waals surface area contributed by atoms with Crippen LogP contribution >= 0.6 is 22.7 Å². The van der Waals surface area contributed by atoms with Gasteiger partial charge in [-0.25, -0.2) is 9.97 Å². The van der Waals surface area contributed by atoms with Gasteiger partial charge >= 0.3 is 0 Å². The number of benzene rings is 1. The smallest absolute Gasteiger partial charge is 0.271 e. The number of hydrogen-bond acceptors (Lipinski definition) is 10. The molecule has 0 spiro atoms. The molecule has 3 aromatic rings. The minimum atomic E-state index is -1.32. The average molecular weight is 696 g/mol. The van der Waals surface area contributed by atoms with Gasteiger partial charge in [-0.15, -0.1) is 22.7 Å². The van der Waals surface area contributed by atoms with Crippen LogP contribution in [0.1, 0.15) is 95.6 Å². The van der Waals surface area contributed by atoms with Crippen LogP contribution in [0.4, 0.5) is 0 Å². The van der Waals surface area contributed by atoms with Crippen LogP contribution in [0.15, 0.2) is 41.1 Å². The highest BCUT2D eigenvalue weighted by Gasteiger charge is 2.40. The van der Waals surface area contributed by atoms with Gasteiger partial charge in [0.25, 0.3) is 11.8 Å². The molecule has 4 heterocycles. The molecule has 0 saturated carbocycles. The second-order valence-electron chi connectivity index (χ2n) is 12.3. The molecule has 2 aromatic heterocycles. The molecule has 1 aromatic carbocycles. The number of fused-ring (bicyclic) bond motifs is 5. The summed E-state index contributed by atoms with van der Waals surface area (Å²) in [7, 11) is 0. The number of nitrogens with one attached hydrogen (secondary N) is 4.